The summed E-state index contributed by atoms with van der Waals surface area (Å²) in [6, 6.07) is 17.2. The fraction of sp³-hybridized carbons (Fsp3) is 0.200. The van der Waals surface area contributed by atoms with E-state index < -0.39 is 27.7 Å². The Morgan fingerprint density at radius 1 is 0.963 bits per heavy atom. The molecule has 0 bridgehead atoms. The Kier molecular flexibility index (Phi) is 5.71. The van der Waals surface area contributed by atoms with E-state index in [1.165, 1.54) is 0 Å². The summed E-state index contributed by atoms with van der Waals surface area (Å²) >= 11 is 0. The van der Waals surface area contributed by atoms with Crippen LogP contribution in [0.5, 0.6) is 0 Å². The van der Waals surface area contributed by atoms with E-state index in [0.29, 0.717) is 12.0 Å². The number of sulfone groups is 1. The molecule has 6 nitrogen and oxygen atoms in total. The molecule has 0 radical (unpaired) electrons. The molecule has 0 aromatic heterocycles. The quantitative estimate of drug-likeness (QED) is 0.769. The van der Waals surface area contributed by atoms with Gasteiger partial charge in [-0.1, -0.05) is 48.5 Å². The molecular formula is C20H20N2O4S. The van der Waals surface area contributed by atoms with Crippen molar-refractivity contribution < 1.29 is 18.0 Å². The van der Waals surface area contributed by atoms with Gasteiger partial charge in [-0.15, -0.1) is 0 Å². The van der Waals surface area contributed by atoms with E-state index in [0.717, 1.165) is 5.56 Å². The Balaban J connectivity index is 1.80. The van der Waals surface area contributed by atoms with Crippen molar-refractivity contribution >= 4 is 27.7 Å². The maximum atomic E-state index is 12.7. The van der Waals surface area contributed by atoms with Crippen LogP contribution in [0.1, 0.15) is 22.3 Å². The fourth-order valence-corrected chi connectivity index (χ4v) is 4.50. The largest absolute Gasteiger partial charge is 0.347 e. The molecule has 3 rings (SSSR count). The Hall–Kier alpha value is -2.93. The molecule has 2 amide bonds. The van der Waals surface area contributed by atoms with Crippen LogP contribution < -0.4 is 10.6 Å². The highest BCUT2D eigenvalue weighted by atomic mass is 32.2. The van der Waals surface area contributed by atoms with Crippen molar-refractivity contribution in [1.29, 1.82) is 0 Å². The third-order valence-corrected chi connectivity index (χ3v) is 5.97. The van der Waals surface area contributed by atoms with E-state index in [1.807, 2.05) is 30.3 Å². The SMILES string of the molecule is O=C(N[C@@H]1CCS(=O)(=O)C1)/C(=C\c1ccccc1)NC(=O)c1ccccc1. The number of rotatable bonds is 5. The van der Waals surface area contributed by atoms with Crippen LogP contribution >= 0.6 is 0 Å². The lowest BCUT2D eigenvalue weighted by Crippen LogP contribution is -2.41. The predicted molar refractivity (Wildman–Crippen MR) is 104 cm³/mol. The molecule has 2 aromatic carbocycles. The zero-order valence-corrected chi connectivity index (χ0v) is 15.4. The summed E-state index contributed by atoms with van der Waals surface area (Å²) in [4.78, 5) is 25.2. The van der Waals surface area contributed by atoms with Gasteiger partial charge in [0.15, 0.2) is 9.84 Å². The lowest BCUT2D eigenvalue weighted by Gasteiger charge is -2.14. The topological polar surface area (TPSA) is 92.3 Å². The summed E-state index contributed by atoms with van der Waals surface area (Å²) in [5.41, 5.74) is 1.24. The van der Waals surface area contributed by atoms with Crippen LogP contribution in [0.2, 0.25) is 0 Å². The van der Waals surface area contributed by atoms with Crippen LogP contribution in [-0.4, -0.2) is 37.8 Å². The zero-order chi connectivity index (χ0) is 19.3. The Morgan fingerprint density at radius 3 is 2.19 bits per heavy atom. The smallest absolute Gasteiger partial charge is 0.268 e. The van der Waals surface area contributed by atoms with Crippen LogP contribution in [0.3, 0.4) is 0 Å². The number of carbonyl (C=O) groups is 2. The normalized spacial score (nSPS) is 18.7. The third kappa shape index (κ3) is 5.27. The molecule has 1 saturated heterocycles. The highest BCUT2D eigenvalue weighted by molar-refractivity contribution is 7.91. The van der Waals surface area contributed by atoms with Gasteiger partial charge in [-0.25, -0.2) is 8.42 Å². The first-order chi connectivity index (χ1) is 12.9. The summed E-state index contributed by atoms with van der Waals surface area (Å²) in [6.07, 6.45) is 1.94. The molecule has 2 N–H and O–H groups in total. The molecule has 140 valence electrons. The highest BCUT2D eigenvalue weighted by Gasteiger charge is 2.29. The van der Waals surface area contributed by atoms with Crippen molar-refractivity contribution in [2.75, 3.05) is 11.5 Å². The van der Waals surface area contributed by atoms with Crippen molar-refractivity contribution in [2.24, 2.45) is 0 Å². The maximum Gasteiger partial charge on any atom is 0.268 e. The Labute approximate surface area is 158 Å². The van der Waals surface area contributed by atoms with Gasteiger partial charge in [0.05, 0.1) is 11.5 Å². The van der Waals surface area contributed by atoms with Gasteiger partial charge >= 0.3 is 0 Å². The molecule has 0 spiro atoms. The predicted octanol–water partition coefficient (Wildman–Crippen LogP) is 1.76. The number of carbonyl (C=O) groups excluding carboxylic acids is 2. The number of nitrogens with one attached hydrogen (secondary N) is 2. The van der Waals surface area contributed by atoms with Crippen molar-refractivity contribution in [1.82, 2.24) is 10.6 Å². The van der Waals surface area contributed by atoms with E-state index in [2.05, 4.69) is 10.6 Å². The minimum absolute atomic E-state index is 0.0616. The second-order valence-corrected chi connectivity index (χ2v) is 8.59. The van der Waals surface area contributed by atoms with E-state index >= 15 is 0 Å². The standard InChI is InChI=1S/C20H20N2O4S/c23-19(16-9-5-2-6-10-16)22-18(13-15-7-3-1-4-8-15)20(24)21-17-11-12-27(25,26)14-17/h1-10,13,17H,11-12,14H2,(H,21,24)(H,22,23)/b18-13+/t17-/m1/s1. The van der Waals surface area contributed by atoms with E-state index in [9.17, 15) is 18.0 Å². The minimum Gasteiger partial charge on any atom is -0.347 e. The second kappa shape index (κ2) is 8.18. The van der Waals surface area contributed by atoms with Gasteiger partial charge in [0.2, 0.25) is 0 Å². The molecule has 0 saturated carbocycles. The van der Waals surface area contributed by atoms with Gasteiger partial charge in [-0.05, 0) is 30.2 Å². The summed E-state index contributed by atoms with van der Waals surface area (Å²) in [5.74, 6) is -0.937. The summed E-state index contributed by atoms with van der Waals surface area (Å²) < 4.78 is 23.2. The molecule has 7 heteroatoms. The van der Waals surface area contributed by atoms with Crippen molar-refractivity contribution in [2.45, 2.75) is 12.5 Å². The first-order valence-corrected chi connectivity index (χ1v) is 10.4. The summed E-state index contributed by atoms with van der Waals surface area (Å²) in [6.45, 7) is 0. The first kappa shape index (κ1) is 18.8. The fourth-order valence-electron chi connectivity index (χ4n) is 2.83. The lowest BCUT2D eigenvalue weighted by molar-refractivity contribution is -0.118. The van der Waals surface area contributed by atoms with Crippen LogP contribution in [0, 0.1) is 0 Å². The molecule has 1 aliphatic rings. The van der Waals surface area contributed by atoms with E-state index in [4.69, 9.17) is 0 Å². The second-order valence-electron chi connectivity index (χ2n) is 6.36. The lowest BCUT2D eigenvalue weighted by atomic mass is 10.1. The van der Waals surface area contributed by atoms with Gasteiger partial charge in [0.25, 0.3) is 11.8 Å². The number of amides is 2. The molecule has 27 heavy (non-hydrogen) atoms. The average Bonchev–Trinajstić information content (AvgIpc) is 3.01. The van der Waals surface area contributed by atoms with Crippen molar-refractivity contribution in [3.8, 4) is 0 Å². The molecule has 0 unspecified atom stereocenters. The zero-order valence-electron chi connectivity index (χ0n) is 14.6. The summed E-state index contributed by atoms with van der Waals surface area (Å²) in [5, 5.41) is 5.35. The van der Waals surface area contributed by atoms with Gasteiger partial charge in [0, 0.05) is 11.6 Å². The van der Waals surface area contributed by atoms with Crippen LogP contribution in [0.15, 0.2) is 66.4 Å². The molecule has 1 heterocycles. The van der Waals surface area contributed by atoms with Gasteiger partial charge in [0.1, 0.15) is 5.70 Å². The summed E-state index contributed by atoms with van der Waals surface area (Å²) in [7, 11) is -3.11. The molecule has 1 fully saturated rings. The molecule has 0 aliphatic carbocycles. The van der Waals surface area contributed by atoms with Crippen LogP contribution in [-0.2, 0) is 14.6 Å². The first-order valence-electron chi connectivity index (χ1n) is 8.57. The van der Waals surface area contributed by atoms with Crippen molar-refractivity contribution in [3.63, 3.8) is 0 Å². The number of benzene rings is 2. The van der Waals surface area contributed by atoms with Crippen LogP contribution in [0.25, 0.3) is 6.08 Å². The third-order valence-electron chi connectivity index (χ3n) is 4.21. The molecule has 2 aromatic rings. The van der Waals surface area contributed by atoms with E-state index in [1.54, 1.807) is 36.4 Å². The molecular weight excluding hydrogens is 364 g/mol. The number of hydrogen-bond acceptors (Lipinski definition) is 4. The van der Waals surface area contributed by atoms with Crippen molar-refractivity contribution in [3.05, 3.63) is 77.5 Å². The van der Waals surface area contributed by atoms with Gasteiger partial charge < -0.3 is 10.6 Å². The average molecular weight is 384 g/mol. The van der Waals surface area contributed by atoms with Gasteiger partial charge in [-0.2, -0.15) is 0 Å². The number of hydrogen-bond donors (Lipinski definition) is 2. The minimum atomic E-state index is -3.11. The monoisotopic (exact) mass is 384 g/mol. The van der Waals surface area contributed by atoms with Crippen LogP contribution in [0.4, 0.5) is 0 Å². The Bertz CT molecular complexity index is 954. The maximum absolute atomic E-state index is 12.7. The Morgan fingerprint density at radius 2 is 1.59 bits per heavy atom. The van der Waals surface area contributed by atoms with Gasteiger partial charge in [-0.3, -0.25) is 9.59 Å². The highest BCUT2D eigenvalue weighted by Crippen LogP contribution is 2.13. The van der Waals surface area contributed by atoms with E-state index in [-0.39, 0.29) is 17.2 Å². The molecule has 1 atom stereocenters. The molecule has 1 aliphatic heterocycles.